The van der Waals surface area contributed by atoms with Gasteiger partial charge in [-0.25, -0.2) is 4.39 Å². The van der Waals surface area contributed by atoms with E-state index in [1.54, 1.807) is 0 Å². The lowest BCUT2D eigenvalue weighted by Gasteiger charge is -2.14. The number of rotatable bonds is 2. The van der Waals surface area contributed by atoms with Crippen molar-refractivity contribution in [2.45, 2.75) is 5.92 Å². The van der Waals surface area contributed by atoms with E-state index in [9.17, 15) is 13.2 Å². The minimum atomic E-state index is -3.58. The fourth-order valence-electron chi connectivity index (χ4n) is 0.917. The minimum Gasteiger partial charge on any atom is -0.396 e. The van der Waals surface area contributed by atoms with Gasteiger partial charge in [-0.15, -0.1) is 0 Å². The van der Waals surface area contributed by atoms with Crippen molar-refractivity contribution in [3.63, 3.8) is 0 Å². The maximum absolute atomic E-state index is 13.0. The first-order valence-electron chi connectivity index (χ1n) is 3.52. The normalized spacial score (nSPS) is 11.7. The summed E-state index contributed by atoms with van der Waals surface area (Å²) >= 11 is 0. The lowest BCUT2D eigenvalue weighted by Crippen LogP contribution is -2.20. The Labute approximate surface area is 72.8 Å². The summed E-state index contributed by atoms with van der Waals surface area (Å²) in [6, 6.07) is 3.27. The van der Waals surface area contributed by atoms with Crippen molar-refractivity contribution in [1.29, 1.82) is 0 Å². The molecule has 1 aromatic carbocycles. The van der Waals surface area contributed by atoms with Crippen LogP contribution in [0.15, 0.2) is 18.2 Å². The Morgan fingerprint density at radius 3 is 2.54 bits per heavy atom. The van der Waals surface area contributed by atoms with Crippen molar-refractivity contribution in [1.82, 2.24) is 0 Å². The van der Waals surface area contributed by atoms with Crippen LogP contribution in [0.2, 0.25) is 0 Å². The molecule has 3 N–H and O–H groups in total. The van der Waals surface area contributed by atoms with Crippen molar-refractivity contribution in [3.8, 4) is 0 Å². The molecule has 13 heavy (non-hydrogen) atoms. The van der Waals surface area contributed by atoms with Gasteiger partial charge in [-0.1, -0.05) is 6.07 Å². The molecule has 0 radical (unpaired) electrons. The topological polar surface area (TPSA) is 46.2 Å². The second-order valence-corrected chi connectivity index (χ2v) is 2.57. The van der Waals surface area contributed by atoms with Crippen molar-refractivity contribution >= 4 is 5.69 Å². The molecule has 0 atom stereocenters. The van der Waals surface area contributed by atoms with Crippen LogP contribution in [0.25, 0.3) is 0 Å². The Bertz CT molecular complexity index is 314. The number of halogens is 3. The van der Waals surface area contributed by atoms with E-state index < -0.39 is 23.9 Å². The van der Waals surface area contributed by atoms with Crippen LogP contribution >= 0.6 is 0 Å². The van der Waals surface area contributed by atoms with Crippen molar-refractivity contribution in [3.05, 3.63) is 29.6 Å². The highest BCUT2D eigenvalue weighted by Crippen LogP contribution is 2.31. The molecule has 0 aromatic heterocycles. The molecule has 0 spiro atoms. The molecule has 0 bridgehead atoms. The Kier molecular flexibility index (Phi) is 2.47. The van der Waals surface area contributed by atoms with Crippen LogP contribution < -0.4 is 5.73 Å². The summed E-state index contributed by atoms with van der Waals surface area (Å²) in [5.41, 5.74) is 3.85. The second kappa shape index (κ2) is 3.26. The van der Waals surface area contributed by atoms with Gasteiger partial charge in [0.15, 0.2) is 5.82 Å². The van der Waals surface area contributed by atoms with Gasteiger partial charge in [0.2, 0.25) is 0 Å². The van der Waals surface area contributed by atoms with Gasteiger partial charge in [-0.2, -0.15) is 8.78 Å². The largest absolute Gasteiger partial charge is 0.396 e. The van der Waals surface area contributed by atoms with E-state index in [-0.39, 0.29) is 5.69 Å². The second-order valence-electron chi connectivity index (χ2n) is 2.57. The molecule has 0 saturated heterocycles. The quantitative estimate of drug-likeness (QED) is 0.695. The highest BCUT2D eigenvalue weighted by atomic mass is 19.3. The van der Waals surface area contributed by atoms with Crippen LogP contribution in [0.3, 0.4) is 0 Å². The summed E-state index contributed by atoms with van der Waals surface area (Å²) in [4.78, 5) is 0. The number of hydrogen-bond acceptors (Lipinski definition) is 2. The van der Waals surface area contributed by atoms with Gasteiger partial charge in [0.05, 0.1) is 11.3 Å². The molecule has 1 aromatic rings. The molecule has 0 saturated carbocycles. The molecule has 0 unspecified atom stereocenters. The van der Waals surface area contributed by atoms with Crippen LogP contribution in [0.1, 0.15) is 5.56 Å². The summed E-state index contributed by atoms with van der Waals surface area (Å²) in [7, 11) is 0. The van der Waals surface area contributed by atoms with E-state index in [0.29, 0.717) is 0 Å². The van der Waals surface area contributed by atoms with Crippen LogP contribution in [0.4, 0.5) is 18.9 Å². The summed E-state index contributed by atoms with van der Waals surface area (Å²) < 4.78 is 38.5. The predicted octanol–water partition coefficient (Wildman–Crippen LogP) is 1.49. The lowest BCUT2D eigenvalue weighted by molar-refractivity contribution is -0.0581. The third-order valence-electron chi connectivity index (χ3n) is 1.62. The van der Waals surface area contributed by atoms with E-state index in [4.69, 9.17) is 10.8 Å². The van der Waals surface area contributed by atoms with Gasteiger partial charge in [0.1, 0.15) is 6.61 Å². The zero-order valence-corrected chi connectivity index (χ0v) is 6.60. The maximum atomic E-state index is 13.0. The van der Waals surface area contributed by atoms with E-state index >= 15 is 0 Å². The first-order valence-corrected chi connectivity index (χ1v) is 3.52. The molecule has 72 valence electrons. The molecule has 1 rings (SSSR count). The maximum Gasteiger partial charge on any atom is 0.298 e. The average Bonchev–Trinajstić information content (AvgIpc) is 2.09. The van der Waals surface area contributed by atoms with Gasteiger partial charge >= 0.3 is 0 Å². The zero-order valence-electron chi connectivity index (χ0n) is 6.60. The van der Waals surface area contributed by atoms with Crippen molar-refractivity contribution < 1.29 is 18.3 Å². The summed E-state index contributed by atoms with van der Waals surface area (Å²) in [5.74, 6) is -4.76. The van der Waals surface area contributed by atoms with Crippen LogP contribution in [-0.4, -0.2) is 11.7 Å². The fraction of sp³-hybridized carbons (Fsp3) is 0.250. The SMILES string of the molecule is Nc1cccc(C(F)(F)CO)c1F. The fourth-order valence-corrected chi connectivity index (χ4v) is 0.917. The Morgan fingerprint density at radius 2 is 2.00 bits per heavy atom. The van der Waals surface area contributed by atoms with Gasteiger partial charge in [0, 0.05) is 0 Å². The van der Waals surface area contributed by atoms with E-state index in [1.807, 2.05) is 0 Å². The molecule has 0 amide bonds. The number of nitrogens with two attached hydrogens (primary N) is 1. The average molecular weight is 191 g/mol. The molecular weight excluding hydrogens is 183 g/mol. The first kappa shape index (κ1) is 9.85. The highest BCUT2D eigenvalue weighted by Gasteiger charge is 2.34. The van der Waals surface area contributed by atoms with Gasteiger partial charge < -0.3 is 10.8 Å². The molecule has 0 fully saturated rings. The first-order chi connectivity index (χ1) is 5.99. The Hall–Kier alpha value is -1.23. The van der Waals surface area contributed by atoms with Crippen LogP contribution in [-0.2, 0) is 5.92 Å². The standard InChI is InChI=1S/C8H8F3NO/c9-7-5(8(10,11)4-13)2-1-3-6(7)12/h1-3,13H,4,12H2. The molecule has 5 heteroatoms. The van der Waals surface area contributed by atoms with Crippen molar-refractivity contribution in [2.75, 3.05) is 12.3 Å². The van der Waals surface area contributed by atoms with Gasteiger partial charge in [-0.3, -0.25) is 0 Å². The number of anilines is 1. The molecule has 0 heterocycles. The summed E-state index contributed by atoms with van der Waals surface area (Å²) in [6.07, 6.45) is 0. The Balaban J connectivity index is 3.22. The Morgan fingerprint density at radius 1 is 1.38 bits per heavy atom. The highest BCUT2D eigenvalue weighted by molar-refractivity contribution is 5.44. The molecule has 0 aliphatic rings. The van der Waals surface area contributed by atoms with Crippen LogP contribution in [0, 0.1) is 5.82 Å². The molecule has 0 aliphatic carbocycles. The third kappa shape index (κ3) is 1.75. The summed E-state index contributed by atoms with van der Waals surface area (Å²) in [6.45, 7) is -1.44. The van der Waals surface area contributed by atoms with E-state index in [0.717, 1.165) is 6.07 Å². The van der Waals surface area contributed by atoms with Crippen molar-refractivity contribution in [2.24, 2.45) is 0 Å². The molecular formula is C8H8F3NO. The smallest absolute Gasteiger partial charge is 0.298 e. The number of aliphatic hydroxyl groups excluding tert-OH is 1. The van der Waals surface area contributed by atoms with E-state index in [1.165, 1.54) is 12.1 Å². The summed E-state index contributed by atoms with van der Waals surface area (Å²) in [5, 5.41) is 8.31. The molecule has 0 aliphatic heterocycles. The minimum absolute atomic E-state index is 0.356. The third-order valence-corrected chi connectivity index (χ3v) is 1.62. The van der Waals surface area contributed by atoms with Gasteiger partial charge in [0.25, 0.3) is 5.92 Å². The van der Waals surface area contributed by atoms with Gasteiger partial charge in [-0.05, 0) is 12.1 Å². The number of alkyl halides is 2. The zero-order chi connectivity index (χ0) is 10.1. The number of aliphatic hydroxyl groups is 1. The van der Waals surface area contributed by atoms with Crippen LogP contribution in [0.5, 0.6) is 0 Å². The number of hydrogen-bond donors (Lipinski definition) is 2. The predicted molar refractivity (Wildman–Crippen MR) is 41.8 cm³/mol. The molecule has 2 nitrogen and oxygen atoms in total. The number of nitrogen functional groups attached to an aromatic ring is 1. The number of benzene rings is 1. The van der Waals surface area contributed by atoms with E-state index in [2.05, 4.69) is 0 Å². The monoisotopic (exact) mass is 191 g/mol. The lowest BCUT2D eigenvalue weighted by atomic mass is 10.1.